The second-order valence-corrected chi connectivity index (χ2v) is 6.34. The Morgan fingerprint density at radius 3 is 2.44 bits per heavy atom. The number of H-pyrrole nitrogens is 1. The van der Waals surface area contributed by atoms with E-state index in [1.165, 1.54) is 0 Å². The molecule has 5 nitrogen and oxygen atoms in total. The third-order valence-electron chi connectivity index (χ3n) is 4.27. The number of benzene rings is 2. The number of carbonyl (C=O) groups excluding carboxylic acids is 1. The van der Waals surface area contributed by atoms with Crippen LogP contribution in [0.2, 0.25) is 5.02 Å². The zero-order valence-electron chi connectivity index (χ0n) is 13.1. The lowest BCUT2D eigenvalue weighted by molar-refractivity contribution is -0.116. The molecule has 25 heavy (non-hydrogen) atoms. The van der Waals surface area contributed by atoms with Gasteiger partial charge in [0.05, 0.1) is 5.56 Å². The summed E-state index contributed by atoms with van der Waals surface area (Å²) in [5.74, 6) is 0.242. The SMILES string of the molecule is O=C1CC(c2ccc(Cl)cc2)c2c(nc(-c3ccccc3)[nH]c2=O)N1. The molecule has 1 aliphatic heterocycles. The van der Waals surface area contributed by atoms with Crippen molar-refractivity contribution in [1.82, 2.24) is 9.97 Å². The minimum Gasteiger partial charge on any atom is -0.310 e. The third kappa shape index (κ3) is 2.94. The van der Waals surface area contributed by atoms with Crippen molar-refractivity contribution in [3.63, 3.8) is 0 Å². The number of rotatable bonds is 2. The van der Waals surface area contributed by atoms with Crippen LogP contribution < -0.4 is 10.9 Å². The molecule has 1 aliphatic rings. The van der Waals surface area contributed by atoms with Gasteiger partial charge in [0.15, 0.2) is 0 Å². The Bertz CT molecular complexity index is 997. The van der Waals surface area contributed by atoms with Gasteiger partial charge >= 0.3 is 0 Å². The molecule has 1 amide bonds. The largest absolute Gasteiger partial charge is 0.310 e. The molecule has 1 atom stereocenters. The van der Waals surface area contributed by atoms with Crippen LogP contribution in [0.4, 0.5) is 5.82 Å². The van der Waals surface area contributed by atoms with Crippen molar-refractivity contribution in [2.75, 3.05) is 5.32 Å². The van der Waals surface area contributed by atoms with Crippen LogP contribution in [0.1, 0.15) is 23.5 Å². The second kappa shape index (κ2) is 6.18. The molecule has 6 heteroatoms. The molecule has 0 saturated carbocycles. The van der Waals surface area contributed by atoms with E-state index in [0.29, 0.717) is 22.2 Å². The maximum atomic E-state index is 12.7. The smallest absolute Gasteiger partial charge is 0.257 e. The summed E-state index contributed by atoms with van der Waals surface area (Å²) >= 11 is 5.94. The number of amides is 1. The van der Waals surface area contributed by atoms with Crippen molar-refractivity contribution in [1.29, 1.82) is 0 Å². The maximum absolute atomic E-state index is 12.7. The number of aromatic amines is 1. The highest BCUT2D eigenvalue weighted by molar-refractivity contribution is 6.30. The highest BCUT2D eigenvalue weighted by Gasteiger charge is 2.30. The maximum Gasteiger partial charge on any atom is 0.257 e. The number of aromatic nitrogens is 2. The molecule has 0 bridgehead atoms. The van der Waals surface area contributed by atoms with Gasteiger partial charge in [-0.05, 0) is 17.7 Å². The molecule has 4 rings (SSSR count). The molecule has 1 aromatic heterocycles. The van der Waals surface area contributed by atoms with Crippen LogP contribution in [-0.2, 0) is 4.79 Å². The fraction of sp³-hybridized carbons (Fsp3) is 0.105. The second-order valence-electron chi connectivity index (χ2n) is 5.90. The predicted molar refractivity (Wildman–Crippen MR) is 96.8 cm³/mol. The first-order valence-corrected chi connectivity index (χ1v) is 8.24. The first-order chi connectivity index (χ1) is 12.1. The fourth-order valence-corrected chi connectivity index (χ4v) is 3.21. The van der Waals surface area contributed by atoms with E-state index in [1.807, 2.05) is 42.5 Å². The lowest BCUT2D eigenvalue weighted by Crippen LogP contribution is -2.31. The highest BCUT2D eigenvalue weighted by atomic mass is 35.5. The molecule has 0 fully saturated rings. The van der Waals surface area contributed by atoms with E-state index in [0.717, 1.165) is 11.1 Å². The third-order valence-corrected chi connectivity index (χ3v) is 4.52. The van der Waals surface area contributed by atoms with Crippen LogP contribution in [0.3, 0.4) is 0 Å². The van der Waals surface area contributed by atoms with E-state index in [9.17, 15) is 9.59 Å². The Morgan fingerprint density at radius 2 is 1.72 bits per heavy atom. The molecule has 1 unspecified atom stereocenters. The summed E-state index contributed by atoms with van der Waals surface area (Å²) in [5.41, 5.74) is 1.87. The number of hydrogen-bond donors (Lipinski definition) is 2. The number of halogens is 1. The van der Waals surface area contributed by atoms with E-state index in [-0.39, 0.29) is 23.8 Å². The molecule has 0 radical (unpaired) electrons. The monoisotopic (exact) mass is 351 g/mol. The summed E-state index contributed by atoms with van der Waals surface area (Å²) in [6.45, 7) is 0. The summed E-state index contributed by atoms with van der Waals surface area (Å²) in [5, 5.41) is 3.33. The van der Waals surface area contributed by atoms with Gasteiger partial charge in [0, 0.05) is 22.9 Å². The van der Waals surface area contributed by atoms with E-state index in [2.05, 4.69) is 15.3 Å². The first-order valence-electron chi connectivity index (χ1n) is 7.87. The fourth-order valence-electron chi connectivity index (χ4n) is 3.08. The van der Waals surface area contributed by atoms with Gasteiger partial charge < -0.3 is 10.3 Å². The van der Waals surface area contributed by atoms with Gasteiger partial charge in [0.1, 0.15) is 11.6 Å². The summed E-state index contributed by atoms with van der Waals surface area (Å²) < 4.78 is 0. The van der Waals surface area contributed by atoms with Crippen molar-refractivity contribution < 1.29 is 4.79 Å². The molecule has 0 saturated heterocycles. The zero-order valence-corrected chi connectivity index (χ0v) is 13.9. The summed E-state index contributed by atoms with van der Waals surface area (Å²) in [4.78, 5) is 32.2. The molecular formula is C19H14ClN3O2. The zero-order chi connectivity index (χ0) is 17.4. The summed E-state index contributed by atoms with van der Waals surface area (Å²) in [7, 11) is 0. The molecular weight excluding hydrogens is 338 g/mol. The van der Waals surface area contributed by atoms with E-state index in [4.69, 9.17) is 11.6 Å². The first kappa shape index (κ1) is 15.6. The average molecular weight is 352 g/mol. The molecule has 2 N–H and O–H groups in total. The van der Waals surface area contributed by atoms with Crippen LogP contribution in [-0.4, -0.2) is 15.9 Å². The Labute approximate surface area is 148 Å². The Morgan fingerprint density at radius 1 is 1.00 bits per heavy atom. The highest BCUT2D eigenvalue weighted by Crippen LogP contribution is 2.34. The van der Waals surface area contributed by atoms with Gasteiger partial charge in [-0.25, -0.2) is 4.98 Å². The summed E-state index contributed by atoms with van der Waals surface area (Å²) in [6, 6.07) is 16.5. The van der Waals surface area contributed by atoms with E-state index >= 15 is 0 Å². The van der Waals surface area contributed by atoms with E-state index < -0.39 is 0 Å². The number of fused-ring (bicyclic) bond motifs is 1. The topological polar surface area (TPSA) is 74.8 Å². The van der Waals surface area contributed by atoms with Gasteiger partial charge in [-0.1, -0.05) is 54.1 Å². The van der Waals surface area contributed by atoms with Crippen molar-refractivity contribution in [3.8, 4) is 11.4 Å². The van der Waals surface area contributed by atoms with Crippen molar-refractivity contribution >= 4 is 23.3 Å². The van der Waals surface area contributed by atoms with Gasteiger partial charge in [-0.15, -0.1) is 0 Å². The normalized spacial score (nSPS) is 16.2. The lowest BCUT2D eigenvalue weighted by Gasteiger charge is -2.24. The molecule has 0 aliphatic carbocycles. The van der Waals surface area contributed by atoms with Crippen LogP contribution >= 0.6 is 11.6 Å². The van der Waals surface area contributed by atoms with Crippen LogP contribution in [0.5, 0.6) is 0 Å². The van der Waals surface area contributed by atoms with Crippen LogP contribution in [0.15, 0.2) is 59.4 Å². The van der Waals surface area contributed by atoms with Crippen molar-refractivity contribution in [2.24, 2.45) is 0 Å². The minimum atomic E-state index is -0.345. The molecule has 2 aromatic carbocycles. The predicted octanol–water partition coefficient (Wildman–Crippen LogP) is 3.56. The average Bonchev–Trinajstić information content (AvgIpc) is 2.62. The Balaban J connectivity index is 1.85. The van der Waals surface area contributed by atoms with Gasteiger partial charge in [0.25, 0.3) is 5.56 Å². The summed E-state index contributed by atoms with van der Waals surface area (Å²) in [6.07, 6.45) is 0.198. The molecule has 3 aromatic rings. The van der Waals surface area contributed by atoms with Gasteiger partial charge in [-0.2, -0.15) is 0 Å². The number of carbonyl (C=O) groups is 1. The Hall–Kier alpha value is -2.92. The number of hydrogen-bond acceptors (Lipinski definition) is 3. The number of nitrogens with one attached hydrogen (secondary N) is 2. The number of anilines is 1. The lowest BCUT2D eigenvalue weighted by atomic mass is 9.87. The van der Waals surface area contributed by atoms with Gasteiger partial charge in [-0.3, -0.25) is 9.59 Å². The van der Waals surface area contributed by atoms with Crippen molar-refractivity contribution in [3.05, 3.63) is 81.1 Å². The molecule has 2 heterocycles. The van der Waals surface area contributed by atoms with Crippen molar-refractivity contribution in [2.45, 2.75) is 12.3 Å². The number of nitrogens with zero attached hydrogens (tertiary/aromatic N) is 1. The molecule has 0 spiro atoms. The van der Waals surface area contributed by atoms with Gasteiger partial charge in [0.2, 0.25) is 5.91 Å². The van der Waals surface area contributed by atoms with E-state index in [1.54, 1.807) is 12.1 Å². The Kier molecular flexibility index (Phi) is 3.86. The molecule has 124 valence electrons. The minimum absolute atomic E-state index is 0.162. The quantitative estimate of drug-likeness (QED) is 0.741. The van der Waals surface area contributed by atoms with Crippen LogP contribution in [0.25, 0.3) is 11.4 Å². The standard InChI is InChI=1S/C19H14ClN3O2/c20-13-8-6-11(7-9-13)14-10-15(24)21-18-16(14)19(25)23-17(22-18)12-4-2-1-3-5-12/h1-9,14H,10H2,(H2,21,22,23,24,25). The van der Waals surface area contributed by atoms with Crippen LogP contribution in [0, 0.1) is 0 Å².